The predicted molar refractivity (Wildman–Crippen MR) is 107 cm³/mol. The van der Waals surface area contributed by atoms with Crippen molar-refractivity contribution in [3.05, 3.63) is 46.6 Å². The van der Waals surface area contributed by atoms with E-state index in [-0.39, 0.29) is 0 Å². The van der Waals surface area contributed by atoms with Crippen LogP contribution in [-0.4, -0.2) is 51.0 Å². The number of sulfonamides is 1. The van der Waals surface area contributed by atoms with Gasteiger partial charge in [-0.15, -0.1) is 0 Å². The number of pyridine rings is 1. The number of hydrogen-bond acceptors (Lipinski definition) is 6. The maximum atomic E-state index is 13.3. The van der Waals surface area contributed by atoms with Crippen LogP contribution in [-0.2, 0) is 10.0 Å². The summed E-state index contributed by atoms with van der Waals surface area (Å²) in [6, 6.07) is 7.35. The second-order valence-electron chi connectivity index (χ2n) is 6.88. The summed E-state index contributed by atoms with van der Waals surface area (Å²) in [5, 5.41) is 8.88. The van der Waals surface area contributed by atoms with Crippen molar-refractivity contribution in [3.63, 3.8) is 0 Å². The highest BCUT2D eigenvalue weighted by molar-refractivity contribution is 7.89. The van der Waals surface area contributed by atoms with Crippen molar-refractivity contribution in [2.45, 2.75) is 25.7 Å². The van der Waals surface area contributed by atoms with Crippen LogP contribution < -0.4 is 9.64 Å². The third kappa shape index (κ3) is 3.55. The van der Waals surface area contributed by atoms with Gasteiger partial charge in [0.05, 0.1) is 17.6 Å². The molecule has 0 unspecified atom stereocenters. The molecule has 0 saturated carbocycles. The first-order valence-electron chi connectivity index (χ1n) is 9.05. The van der Waals surface area contributed by atoms with Crippen molar-refractivity contribution in [2.75, 3.05) is 38.2 Å². The van der Waals surface area contributed by atoms with Gasteiger partial charge in [0.15, 0.2) is 0 Å². The van der Waals surface area contributed by atoms with Gasteiger partial charge in [0.1, 0.15) is 17.6 Å². The molecule has 2 heterocycles. The minimum absolute atomic E-state index is 0.371. The van der Waals surface area contributed by atoms with Gasteiger partial charge in [-0.2, -0.15) is 9.57 Å². The molecule has 28 heavy (non-hydrogen) atoms. The summed E-state index contributed by atoms with van der Waals surface area (Å²) in [6.07, 6.45) is 1.53. The fourth-order valence-corrected chi connectivity index (χ4v) is 5.46. The average Bonchev–Trinajstić information content (AvgIpc) is 2.70. The Morgan fingerprint density at radius 2 is 1.79 bits per heavy atom. The third-order valence-corrected chi connectivity index (χ3v) is 7.42. The second kappa shape index (κ2) is 7.78. The van der Waals surface area contributed by atoms with Gasteiger partial charge >= 0.3 is 0 Å². The van der Waals surface area contributed by atoms with E-state index in [9.17, 15) is 8.42 Å². The molecule has 0 amide bonds. The SMILES string of the molecule is COc1cc(C)c(S(=O)(=O)N2CCN(c3ccc(C#N)cn3)CC2)c(C)c1C. The van der Waals surface area contributed by atoms with Crippen LogP contribution in [0.1, 0.15) is 22.3 Å². The highest BCUT2D eigenvalue weighted by Gasteiger charge is 2.32. The van der Waals surface area contributed by atoms with Gasteiger partial charge in [-0.1, -0.05) is 0 Å². The molecule has 1 aliphatic heterocycles. The number of anilines is 1. The average molecular weight is 401 g/mol. The Balaban J connectivity index is 1.82. The molecule has 7 nitrogen and oxygen atoms in total. The van der Waals surface area contributed by atoms with Gasteiger partial charge in [-0.25, -0.2) is 13.4 Å². The summed E-state index contributed by atoms with van der Waals surface area (Å²) in [7, 11) is -2.01. The Labute approximate surface area is 166 Å². The zero-order valence-corrected chi connectivity index (χ0v) is 17.4. The van der Waals surface area contributed by atoms with E-state index in [1.54, 1.807) is 32.2 Å². The number of nitrogens with zero attached hydrogens (tertiary/aromatic N) is 4. The van der Waals surface area contributed by atoms with E-state index in [0.717, 1.165) is 16.9 Å². The maximum absolute atomic E-state index is 13.3. The number of piperazine rings is 1. The molecule has 1 aliphatic rings. The smallest absolute Gasteiger partial charge is 0.243 e. The summed E-state index contributed by atoms with van der Waals surface area (Å²) in [6.45, 7) is 7.37. The van der Waals surface area contributed by atoms with Crippen molar-refractivity contribution in [3.8, 4) is 11.8 Å². The topological polar surface area (TPSA) is 86.5 Å². The lowest BCUT2D eigenvalue weighted by Crippen LogP contribution is -2.49. The number of benzene rings is 1. The molecule has 3 rings (SSSR count). The van der Waals surface area contributed by atoms with Crippen molar-refractivity contribution in [2.24, 2.45) is 0 Å². The van der Waals surface area contributed by atoms with Crippen molar-refractivity contribution in [1.29, 1.82) is 5.26 Å². The lowest BCUT2D eigenvalue weighted by molar-refractivity contribution is 0.383. The zero-order chi connectivity index (χ0) is 20.5. The number of hydrogen-bond donors (Lipinski definition) is 0. The molecular formula is C20H24N4O3S. The summed E-state index contributed by atoms with van der Waals surface area (Å²) in [4.78, 5) is 6.70. The van der Waals surface area contributed by atoms with Crippen LogP contribution >= 0.6 is 0 Å². The third-order valence-electron chi connectivity index (χ3n) is 5.24. The van der Waals surface area contributed by atoms with Crippen LogP contribution in [0.15, 0.2) is 29.3 Å². The number of aryl methyl sites for hydroxylation is 1. The van der Waals surface area contributed by atoms with E-state index in [2.05, 4.69) is 4.98 Å². The first-order chi connectivity index (χ1) is 13.3. The second-order valence-corrected chi connectivity index (χ2v) is 8.76. The molecule has 0 atom stereocenters. The van der Waals surface area contributed by atoms with Crippen LogP contribution in [0.25, 0.3) is 0 Å². The summed E-state index contributed by atoms with van der Waals surface area (Å²) in [5.41, 5.74) is 2.77. The van der Waals surface area contributed by atoms with Gasteiger partial charge in [-0.3, -0.25) is 0 Å². The van der Waals surface area contributed by atoms with Crippen molar-refractivity contribution in [1.82, 2.24) is 9.29 Å². The van der Waals surface area contributed by atoms with Gasteiger partial charge in [0, 0.05) is 32.4 Å². The van der Waals surface area contributed by atoms with Crippen LogP contribution in [0.3, 0.4) is 0 Å². The van der Waals surface area contributed by atoms with E-state index in [4.69, 9.17) is 10.00 Å². The monoisotopic (exact) mass is 400 g/mol. The normalized spacial score (nSPS) is 15.3. The molecule has 0 N–H and O–H groups in total. The summed E-state index contributed by atoms with van der Waals surface area (Å²) >= 11 is 0. The molecule has 1 aromatic carbocycles. The Bertz CT molecular complexity index is 1020. The standard InChI is InChI=1S/C20H24N4O3S/c1-14-11-18(27-4)15(2)16(3)20(14)28(25,26)24-9-7-23(8-10-24)19-6-5-17(12-21)13-22-19/h5-6,11,13H,7-10H2,1-4H3. The number of methoxy groups -OCH3 is 1. The summed E-state index contributed by atoms with van der Waals surface area (Å²) < 4.78 is 33.5. The van der Waals surface area contributed by atoms with Gasteiger partial charge < -0.3 is 9.64 Å². The number of aromatic nitrogens is 1. The van der Waals surface area contributed by atoms with E-state index in [0.29, 0.717) is 48.0 Å². The highest BCUT2D eigenvalue weighted by Crippen LogP contribution is 2.32. The molecule has 0 bridgehead atoms. The number of nitriles is 1. The van der Waals surface area contributed by atoms with E-state index >= 15 is 0 Å². The molecule has 0 aliphatic carbocycles. The fourth-order valence-electron chi connectivity index (χ4n) is 3.56. The lowest BCUT2D eigenvalue weighted by atomic mass is 10.1. The Kier molecular flexibility index (Phi) is 5.59. The summed E-state index contributed by atoms with van der Waals surface area (Å²) in [5.74, 6) is 1.45. The molecule has 1 aromatic heterocycles. The van der Waals surface area contributed by atoms with Crippen molar-refractivity contribution < 1.29 is 13.2 Å². The van der Waals surface area contributed by atoms with Crippen LogP contribution in [0, 0.1) is 32.1 Å². The van der Waals surface area contributed by atoms with Gasteiger partial charge in [-0.05, 0) is 55.7 Å². The molecule has 0 spiro atoms. The van der Waals surface area contributed by atoms with Crippen LogP contribution in [0.4, 0.5) is 5.82 Å². The first kappa shape index (κ1) is 20.1. The fraction of sp³-hybridized carbons (Fsp3) is 0.400. The zero-order valence-electron chi connectivity index (χ0n) is 16.6. The quantitative estimate of drug-likeness (QED) is 0.783. The molecule has 148 valence electrons. The molecule has 1 saturated heterocycles. The van der Waals surface area contributed by atoms with Gasteiger partial charge in [0.2, 0.25) is 10.0 Å². The van der Waals surface area contributed by atoms with Crippen LogP contribution in [0.2, 0.25) is 0 Å². The van der Waals surface area contributed by atoms with E-state index in [1.807, 2.05) is 24.8 Å². The highest BCUT2D eigenvalue weighted by atomic mass is 32.2. The lowest BCUT2D eigenvalue weighted by Gasteiger charge is -2.35. The number of rotatable bonds is 4. The Hall–Kier alpha value is -2.63. The number of ether oxygens (including phenoxy) is 1. The molecule has 8 heteroatoms. The molecule has 2 aromatic rings. The Morgan fingerprint density at radius 3 is 2.32 bits per heavy atom. The molecule has 1 fully saturated rings. The van der Waals surface area contributed by atoms with Crippen LogP contribution in [0.5, 0.6) is 5.75 Å². The van der Waals surface area contributed by atoms with E-state index < -0.39 is 10.0 Å². The first-order valence-corrected chi connectivity index (χ1v) is 10.5. The van der Waals surface area contributed by atoms with Crippen molar-refractivity contribution >= 4 is 15.8 Å². The van der Waals surface area contributed by atoms with E-state index in [1.165, 1.54) is 10.5 Å². The minimum Gasteiger partial charge on any atom is -0.496 e. The minimum atomic E-state index is -3.60. The largest absolute Gasteiger partial charge is 0.496 e. The molecule has 0 radical (unpaired) electrons. The maximum Gasteiger partial charge on any atom is 0.243 e. The Morgan fingerprint density at radius 1 is 1.11 bits per heavy atom. The predicted octanol–water partition coefficient (Wildman–Crippen LogP) is 2.40. The van der Waals surface area contributed by atoms with Gasteiger partial charge in [0.25, 0.3) is 0 Å². The molecular weight excluding hydrogens is 376 g/mol.